The zero-order valence-corrected chi connectivity index (χ0v) is 6.17. The predicted octanol–water partition coefficient (Wildman–Crippen LogP) is 1.68. The van der Waals surface area contributed by atoms with Crippen LogP contribution in [0.2, 0.25) is 0 Å². The van der Waals surface area contributed by atoms with E-state index in [0.717, 1.165) is 12.8 Å². The molecule has 0 aliphatic heterocycles. The second-order valence-electron chi connectivity index (χ2n) is 1.79. The van der Waals surface area contributed by atoms with Crippen LogP contribution in [0.5, 0.6) is 0 Å². The van der Waals surface area contributed by atoms with Crippen LogP contribution in [0.25, 0.3) is 0 Å². The first-order valence-electron chi connectivity index (χ1n) is 3.16. The second-order valence-corrected chi connectivity index (χ2v) is 1.79. The SMILES string of the molecule is C=CCC/C=C/C(=O)OC. The number of carbonyl (C=O) groups excluding carboxylic acids is 1. The van der Waals surface area contributed by atoms with E-state index in [-0.39, 0.29) is 5.97 Å². The highest BCUT2D eigenvalue weighted by atomic mass is 16.5. The summed E-state index contributed by atoms with van der Waals surface area (Å²) in [5.41, 5.74) is 0. The van der Waals surface area contributed by atoms with Crippen molar-refractivity contribution < 1.29 is 9.53 Å². The van der Waals surface area contributed by atoms with Gasteiger partial charge in [-0.3, -0.25) is 0 Å². The average Bonchev–Trinajstić information content (AvgIpc) is 1.98. The summed E-state index contributed by atoms with van der Waals surface area (Å²) in [5, 5.41) is 0. The van der Waals surface area contributed by atoms with Crippen molar-refractivity contribution in [1.29, 1.82) is 0 Å². The Hall–Kier alpha value is -1.05. The first kappa shape index (κ1) is 8.95. The van der Waals surface area contributed by atoms with Crippen LogP contribution in [0.4, 0.5) is 0 Å². The highest BCUT2D eigenvalue weighted by Gasteiger charge is 1.87. The first-order chi connectivity index (χ1) is 4.81. The lowest BCUT2D eigenvalue weighted by Crippen LogP contribution is -1.92. The van der Waals surface area contributed by atoms with Gasteiger partial charge in [-0.25, -0.2) is 4.79 Å². The third-order valence-corrected chi connectivity index (χ3v) is 0.993. The molecule has 0 heterocycles. The largest absolute Gasteiger partial charge is 0.466 e. The fraction of sp³-hybridized carbons (Fsp3) is 0.375. The maximum Gasteiger partial charge on any atom is 0.330 e. The standard InChI is InChI=1S/C8H12O2/c1-3-4-5-6-7-8(9)10-2/h3,6-7H,1,4-5H2,2H3/b7-6+. The molecule has 0 aliphatic rings. The molecule has 2 heteroatoms. The molecule has 0 fully saturated rings. The van der Waals surface area contributed by atoms with Gasteiger partial charge in [-0.1, -0.05) is 12.2 Å². The number of hydrogen-bond donors (Lipinski definition) is 0. The third-order valence-electron chi connectivity index (χ3n) is 0.993. The van der Waals surface area contributed by atoms with Crippen molar-refractivity contribution in [1.82, 2.24) is 0 Å². The van der Waals surface area contributed by atoms with Crippen LogP contribution < -0.4 is 0 Å². The fourth-order valence-corrected chi connectivity index (χ4v) is 0.462. The Morgan fingerprint density at radius 3 is 2.80 bits per heavy atom. The van der Waals surface area contributed by atoms with E-state index in [0.29, 0.717) is 0 Å². The number of unbranched alkanes of at least 4 members (excludes halogenated alkanes) is 1. The molecule has 0 unspecified atom stereocenters. The van der Waals surface area contributed by atoms with Gasteiger partial charge < -0.3 is 4.74 Å². The van der Waals surface area contributed by atoms with Gasteiger partial charge >= 0.3 is 5.97 Å². The van der Waals surface area contributed by atoms with Crippen molar-refractivity contribution in [3.63, 3.8) is 0 Å². The van der Waals surface area contributed by atoms with Crippen LogP contribution in [0.3, 0.4) is 0 Å². The van der Waals surface area contributed by atoms with Crippen LogP contribution in [0.1, 0.15) is 12.8 Å². The summed E-state index contributed by atoms with van der Waals surface area (Å²) in [5.74, 6) is -0.302. The van der Waals surface area contributed by atoms with Crippen LogP contribution in [0, 0.1) is 0 Å². The molecule has 0 saturated carbocycles. The van der Waals surface area contributed by atoms with Gasteiger partial charge in [-0.05, 0) is 12.8 Å². The Morgan fingerprint density at radius 1 is 1.60 bits per heavy atom. The van der Waals surface area contributed by atoms with Crippen molar-refractivity contribution in [2.24, 2.45) is 0 Å². The van der Waals surface area contributed by atoms with E-state index in [4.69, 9.17) is 0 Å². The minimum absolute atomic E-state index is 0.302. The lowest BCUT2D eigenvalue weighted by Gasteiger charge is -1.88. The van der Waals surface area contributed by atoms with E-state index < -0.39 is 0 Å². The summed E-state index contributed by atoms with van der Waals surface area (Å²) in [6.45, 7) is 3.55. The molecular weight excluding hydrogens is 128 g/mol. The molecule has 0 radical (unpaired) electrons. The highest BCUT2D eigenvalue weighted by molar-refractivity contribution is 5.81. The Balaban J connectivity index is 3.35. The van der Waals surface area contributed by atoms with E-state index in [2.05, 4.69) is 11.3 Å². The maximum absolute atomic E-state index is 10.4. The van der Waals surface area contributed by atoms with Gasteiger partial charge in [0.25, 0.3) is 0 Å². The Kier molecular flexibility index (Phi) is 5.44. The van der Waals surface area contributed by atoms with Gasteiger partial charge in [-0.2, -0.15) is 0 Å². The number of hydrogen-bond acceptors (Lipinski definition) is 2. The molecular formula is C8H12O2. The van der Waals surface area contributed by atoms with Gasteiger partial charge in [0.05, 0.1) is 7.11 Å². The molecule has 0 bridgehead atoms. The van der Waals surface area contributed by atoms with Crippen molar-refractivity contribution in [2.75, 3.05) is 7.11 Å². The third kappa shape index (κ3) is 5.09. The molecule has 10 heavy (non-hydrogen) atoms. The number of allylic oxidation sites excluding steroid dienone is 2. The minimum Gasteiger partial charge on any atom is -0.466 e. The molecule has 0 spiro atoms. The molecule has 0 aromatic heterocycles. The lowest BCUT2D eigenvalue weighted by atomic mass is 10.3. The summed E-state index contributed by atoms with van der Waals surface area (Å²) in [6.07, 6.45) is 6.74. The molecule has 2 nitrogen and oxygen atoms in total. The van der Waals surface area contributed by atoms with Crippen molar-refractivity contribution >= 4 is 5.97 Å². The van der Waals surface area contributed by atoms with Gasteiger partial charge in [0.1, 0.15) is 0 Å². The van der Waals surface area contributed by atoms with Crippen molar-refractivity contribution in [3.8, 4) is 0 Å². The van der Waals surface area contributed by atoms with Crippen LogP contribution in [-0.4, -0.2) is 13.1 Å². The predicted molar refractivity (Wildman–Crippen MR) is 40.6 cm³/mol. The molecule has 0 rings (SSSR count). The minimum atomic E-state index is -0.302. The molecule has 0 aromatic carbocycles. The molecule has 0 amide bonds. The zero-order chi connectivity index (χ0) is 7.82. The van der Waals surface area contributed by atoms with Crippen LogP contribution >= 0.6 is 0 Å². The Bertz CT molecular complexity index is 136. The van der Waals surface area contributed by atoms with E-state index in [9.17, 15) is 4.79 Å². The summed E-state index contributed by atoms with van der Waals surface area (Å²) in [4.78, 5) is 10.4. The number of methoxy groups -OCH3 is 1. The second kappa shape index (κ2) is 6.08. The maximum atomic E-state index is 10.4. The summed E-state index contributed by atoms with van der Waals surface area (Å²) in [7, 11) is 1.36. The summed E-state index contributed by atoms with van der Waals surface area (Å²) in [6, 6.07) is 0. The number of rotatable bonds is 4. The van der Waals surface area contributed by atoms with E-state index in [1.165, 1.54) is 13.2 Å². The number of esters is 1. The normalized spacial score (nSPS) is 9.70. The Labute approximate surface area is 61.2 Å². The van der Waals surface area contributed by atoms with Gasteiger partial charge in [-0.15, -0.1) is 6.58 Å². The highest BCUT2D eigenvalue weighted by Crippen LogP contribution is 1.90. The zero-order valence-electron chi connectivity index (χ0n) is 6.17. The van der Waals surface area contributed by atoms with Crippen LogP contribution in [-0.2, 0) is 9.53 Å². The molecule has 0 aromatic rings. The average molecular weight is 140 g/mol. The summed E-state index contributed by atoms with van der Waals surface area (Å²) < 4.78 is 4.38. The molecule has 0 N–H and O–H groups in total. The van der Waals surface area contributed by atoms with Crippen molar-refractivity contribution in [2.45, 2.75) is 12.8 Å². The summed E-state index contributed by atoms with van der Waals surface area (Å²) >= 11 is 0. The smallest absolute Gasteiger partial charge is 0.330 e. The Morgan fingerprint density at radius 2 is 2.30 bits per heavy atom. The molecule has 0 aliphatic carbocycles. The van der Waals surface area contributed by atoms with Gasteiger partial charge in [0, 0.05) is 6.08 Å². The lowest BCUT2D eigenvalue weighted by molar-refractivity contribution is -0.134. The molecule has 56 valence electrons. The number of ether oxygens (including phenoxy) is 1. The van der Waals surface area contributed by atoms with Gasteiger partial charge in [0.2, 0.25) is 0 Å². The molecule has 0 saturated heterocycles. The fourth-order valence-electron chi connectivity index (χ4n) is 0.462. The monoisotopic (exact) mass is 140 g/mol. The topological polar surface area (TPSA) is 26.3 Å². The van der Waals surface area contributed by atoms with Gasteiger partial charge in [0.15, 0.2) is 0 Å². The molecule has 0 atom stereocenters. The van der Waals surface area contributed by atoms with Crippen LogP contribution in [0.15, 0.2) is 24.8 Å². The van der Waals surface area contributed by atoms with Crippen molar-refractivity contribution in [3.05, 3.63) is 24.8 Å². The van der Waals surface area contributed by atoms with E-state index in [1.807, 2.05) is 6.08 Å². The van der Waals surface area contributed by atoms with E-state index >= 15 is 0 Å². The van der Waals surface area contributed by atoms with E-state index in [1.54, 1.807) is 6.08 Å². The number of carbonyl (C=O) groups is 1. The first-order valence-corrected chi connectivity index (χ1v) is 3.16. The quantitative estimate of drug-likeness (QED) is 0.257.